The van der Waals surface area contributed by atoms with Gasteiger partial charge in [0.25, 0.3) is 0 Å². The largest absolute Gasteiger partial charge is 0.281 e. The second kappa shape index (κ2) is 4.43. The van der Waals surface area contributed by atoms with Crippen molar-refractivity contribution in [3.8, 4) is 0 Å². The number of benzene rings is 1. The van der Waals surface area contributed by atoms with Crippen molar-refractivity contribution < 1.29 is 4.79 Å². The molecule has 0 saturated heterocycles. The highest BCUT2D eigenvalue weighted by Gasteiger charge is 2.08. The van der Waals surface area contributed by atoms with Gasteiger partial charge in [-0.05, 0) is 30.0 Å². The summed E-state index contributed by atoms with van der Waals surface area (Å²) in [5.74, 6) is 0.214. The van der Waals surface area contributed by atoms with Crippen LogP contribution < -0.4 is 0 Å². The van der Waals surface area contributed by atoms with Crippen LogP contribution in [0.5, 0.6) is 0 Å². The summed E-state index contributed by atoms with van der Waals surface area (Å²) in [7, 11) is 0. The molecule has 0 aliphatic heterocycles. The molecule has 13 heavy (non-hydrogen) atoms. The van der Waals surface area contributed by atoms with E-state index in [1.807, 2.05) is 38.1 Å². The van der Waals surface area contributed by atoms with E-state index < -0.39 is 0 Å². The van der Waals surface area contributed by atoms with Crippen LogP contribution in [0.3, 0.4) is 0 Å². The van der Waals surface area contributed by atoms with Crippen LogP contribution in [0.1, 0.15) is 30.4 Å². The average molecular weight is 197 g/mol. The van der Waals surface area contributed by atoms with Crippen molar-refractivity contribution in [2.75, 3.05) is 0 Å². The Morgan fingerprint density at radius 2 is 1.92 bits per heavy atom. The predicted molar refractivity (Wildman–Crippen MR) is 55.1 cm³/mol. The van der Waals surface area contributed by atoms with E-state index in [9.17, 15) is 4.79 Å². The molecule has 2 heteroatoms. The van der Waals surface area contributed by atoms with Crippen molar-refractivity contribution in [3.63, 3.8) is 0 Å². The van der Waals surface area contributed by atoms with Crippen LogP contribution >= 0.6 is 11.6 Å². The number of rotatable bonds is 3. The second-order valence-electron chi connectivity index (χ2n) is 3.37. The van der Waals surface area contributed by atoms with Gasteiger partial charge in [0.15, 0.2) is 0 Å². The molecular weight excluding hydrogens is 184 g/mol. The van der Waals surface area contributed by atoms with Crippen molar-refractivity contribution in [1.29, 1.82) is 0 Å². The van der Waals surface area contributed by atoms with Gasteiger partial charge >= 0.3 is 0 Å². The first-order valence-corrected chi connectivity index (χ1v) is 4.72. The summed E-state index contributed by atoms with van der Waals surface area (Å²) in [6.45, 7) is 4.05. The topological polar surface area (TPSA) is 17.1 Å². The summed E-state index contributed by atoms with van der Waals surface area (Å²) in [4.78, 5) is 10.7. The average Bonchev–Trinajstić information content (AvgIpc) is 2.04. The smallest absolute Gasteiger partial charge is 0.222 e. The minimum atomic E-state index is -0.270. The van der Waals surface area contributed by atoms with Gasteiger partial charge in [-0.15, -0.1) is 0 Å². The molecule has 1 aromatic rings. The van der Waals surface area contributed by atoms with Gasteiger partial charge in [-0.25, -0.2) is 0 Å². The zero-order valence-corrected chi connectivity index (χ0v) is 8.64. The molecule has 0 aromatic heterocycles. The maximum absolute atomic E-state index is 10.7. The maximum atomic E-state index is 10.7. The molecule has 70 valence electrons. The van der Waals surface area contributed by atoms with Gasteiger partial charge in [0.05, 0.1) is 0 Å². The number of halogens is 1. The lowest BCUT2D eigenvalue weighted by Crippen LogP contribution is -1.98. The molecule has 0 unspecified atom stereocenters. The molecule has 1 atom stereocenters. The number of carbonyl (C=O) groups excluding carboxylic acids is 1. The van der Waals surface area contributed by atoms with Crippen molar-refractivity contribution in [2.45, 2.75) is 26.2 Å². The van der Waals surface area contributed by atoms with Crippen molar-refractivity contribution in [1.82, 2.24) is 0 Å². The van der Waals surface area contributed by atoms with Crippen LogP contribution in [-0.4, -0.2) is 5.24 Å². The van der Waals surface area contributed by atoms with Gasteiger partial charge in [0, 0.05) is 6.42 Å². The second-order valence-corrected chi connectivity index (χ2v) is 3.79. The Bertz CT molecular complexity index is 289. The summed E-state index contributed by atoms with van der Waals surface area (Å²) in [6.07, 6.45) is 0.407. The molecule has 0 amide bonds. The molecule has 0 N–H and O–H groups in total. The summed E-state index contributed by atoms with van der Waals surface area (Å²) < 4.78 is 0. The van der Waals surface area contributed by atoms with E-state index in [-0.39, 0.29) is 11.2 Å². The first-order chi connectivity index (χ1) is 6.09. The molecule has 0 fully saturated rings. The van der Waals surface area contributed by atoms with Gasteiger partial charge in [-0.1, -0.05) is 36.8 Å². The van der Waals surface area contributed by atoms with Gasteiger partial charge in [-0.2, -0.15) is 0 Å². The molecule has 0 aliphatic rings. The zero-order valence-electron chi connectivity index (χ0n) is 7.88. The van der Waals surface area contributed by atoms with Crippen LogP contribution in [0.15, 0.2) is 24.3 Å². The fraction of sp³-hybridized carbons (Fsp3) is 0.364. The van der Waals surface area contributed by atoms with Crippen LogP contribution in [0.25, 0.3) is 0 Å². The first-order valence-electron chi connectivity index (χ1n) is 4.34. The number of hydrogen-bond acceptors (Lipinski definition) is 1. The third kappa shape index (κ3) is 3.19. The molecule has 1 aromatic carbocycles. The van der Waals surface area contributed by atoms with E-state index in [1.54, 1.807) is 0 Å². The lowest BCUT2D eigenvalue weighted by Gasteiger charge is -2.08. The fourth-order valence-electron chi connectivity index (χ4n) is 1.25. The minimum absolute atomic E-state index is 0.214. The highest BCUT2D eigenvalue weighted by Crippen LogP contribution is 2.20. The molecule has 1 nitrogen and oxygen atoms in total. The molecule has 0 spiro atoms. The van der Waals surface area contributed by atoms with Crippen LogP contribution in [-0.2, 0) is 4.79 Å². The molecule has 0 aliphatic carbocycles. The summed E-state index contributed by atoms with van der Waals surface area (Å²) in [6, 6.07) is 8.18. The summed E-state index contributed by atoms with van der Waals surface area (Å²) in [5.41, 5.74) is 2.40. The monoisotopic (exact) mass is 196 g/mol. The third-order valence-corrected chi connectivity index (χ3v) is 2.27. The Kier molecular flexibility index (Phi) is 3.49. The van der Waals surface area contributed by atoms with E-state index in [2.05, 4.69) is 0 Å². The molecule has 0 bridgehead atoms. The Balaban J connectivity index is 2.71. The quantitative estimate of drug-likeness (QED) is 0.679. The summed E-state index contributed by atoms with van der Waals surface area (Å²) in [5, 5.41) is -0.270. The van der Waals surface area contributed by atoms with Gasteiger partial charge < -0.3 is 0 Å². The molecule has 0 radical (unpaired) electrons. The number of aryl methyl sites for hydroxylation is 1. The van der Waals surface area contributed by atoms with E-state index in [1.165, 1.54) is 11.1 Å². The fourth-order valence-corrected chi connectivity index (χ4v) is 1.49. The van der Waals surface area contributed by atoms with Crippen molar-refractivity contribution in [2.24, 2.45) is 0 Å². The van der Waals surface area contributed by atoms with E-state index in [0.29, 0.717) is 6.42 Å². The van der Waals surface area contributed by atoms with Crippen LogP contribution in [0, 0.1) is 6.92 Å². The maximum Gasteiger partial charge on any atom is 0.222 e. The van der Waals surface area contributed by atoms with E-state index >= 15 is 0 Å². The first kappa shape index (κ1) is 10.3. The van der Waals surface area contributed by atoms with E-state index in [4.69, 9.17) is 11.6 Å². The predicted octanol–water partition coefficient (Wildman–Crippen LogP) is 3.25. The Hall–Kier alpha value is -0.820. The normalized spacial score (nSPS) is 12.5. The van der Waals surface area contributed by atoms with Crippen molar-refractivity contribution in [3.05, 3.63) is 35.4 Å². The third-order valence-electron chi connectivity index (χ3n) is 2.11. The lowest BCUT2D eigenvalue weighted by atomic mass is 9.98. The number of carbonyl (C=O) groups is 1. The minimum Gasteiger partial charge on any atom is -0.281 e. The van der Waals surface area contributed by atoms with Gasteiger partial charge in [-0.3, -0.25) is 4.79 Å². The SMILES string of the molecule is Cc1ccc([C@H](C)CC(=O)Cl)cc1. The lowest BCUT2D eigenvalue weighted by molar-refractivity contribution is -0.111. The van der Waals surface area contributed by atoms with E-state index in [0.717, 1.165) is 0 Å². The van der Waals surface area contributed by atoms with Crippen molar-refractivity contribution >= 4 is 16.8 Å². The Morgan fingerprint density at radius 1 is 1.38 bits per heavy atom. The Labute approximate surface area is 83.7 Å². The zero-order chi connectivity index (χ0) is 9.84. The highest BCUT2D eigenvalue weighted by molar-refractivity contribution is 6.63. The highest BCUT2D eigenvalue weighted by atomic mass is 35.5. The van der Waals surface area contributed by atoms with Gasteiger partial charge in [0.2, 0.25) is 5.24 Å². The van der Waals surface area contributed by atoms with Crippen LogP contribution in [0.4, 0.5) is 0 Å². The summed E-state index contributed by atoms with van der Waals surface area (Å²) >= 11 is 5.31. The Morgan fingerprint density at radius 3 is 2.38 bits per heavy atom. The molecule has 1 rings (SSSR count). The van der Waals surface area contributed by atoms with Gasteiger partial charge in [0.1, 0.15) is 0 Å². The molecule has 0 saturated carbocycles. The van der Waals surface area contributed by atoms with Crippen LogP contribution in [0.2, 0.25) is 0 Å². The standard InChI is InChI=1S/C11H13ClO/c1-8-3-5-10(6-4-8)9(2)7-11(12)13/h3-6,9H,7H2,1-2H3/t9-/m1/s1. The number of hydrogen-bond donors (Lipinski definition) is 0. The molecule has 0 heterocycles. The molecular formula is C11H13ClO.